The van der Waals surface area contributed by atoms with Crippen LogP contribution >= 0.6 is 34.8 Å². The van der Waals surface area contributed by atoms with Gasteiger partial charge in [0.1, 0.15) is 0 Å². The molecular formula is C17H15Cl3N2O2. The molecule has 2 rings (SSSR count). The van der Waals surface area contributed by atoms with Crippen molar-refractivity contribution in [2.75, 3.05) is 5.32 Å². The smallest absolute Gasteiger partial charge is 0.276 e. The van der Waals surface area contributed by atoms with Crippen molar-refractivity contribution < 1.29 is 9.59 Å². The molecule has 2 N–H and O–H groups in total. The molecule has 0 fully saturated rings. The van der Waals surface area contributed by atoms with E-state index in [1.807, 2.05) is 31.2 Å². The van der Waals surface area contributed by atoms with E-state index in [-0.39, 0.29) is 17.2 Å². The van der Waals surface area contributed by atoms with Crippen molar-refractivity contribution >= 4 is 52.3 Å². The monoisotopic (exact) mass is 384 g/mol. The number of alkyl halides is 3. The second kappa shape index (κ2) is 7.88. The van der Waals surface area contributed by atoms with E-state index in [9.17, 15) is 9.59 Å². The summed E-state index contributed by atoms with van der Waals surface area (Å²) in [5, 5.41) is 5.24. The quantitative estimate of drug-likeness (QED) is 0.774. The number of benzene rings is 2. The summed E-state index contributed by atoms with van der Waals surface area (Å²) < 4.78 is -2.11. The molecule has 0 spiro atoms. The molecule has 0 atom stereocenters. The number of halogens is 3. The maximum atomic E-state index is 12.4. The summed E-state index contributed by atoms with van der Waals surface area (Å²) in [6, 6.07) is 14.3. The van der Waals surface area contributed by atoms with Crippen LogP contribution in [0.2, 0.25) is 0 Å². The molecular weight excluding hydrogens is 371 g/mol. The van der Waals surface area contributed by atoms with Gasteiger partial charge in [0.05, 0.1) is 11.3 Å². The molecule has 4 nitrogen and oxygen atoms in total. The Hall–Kier alpha value is -1.75. The highest BCUT2D eigenvalue weighted by molar-refractivity contribution is 6.76. The molecule has 2 amide bonds. The van der Waals surface area contributed by atoms with Gasteiger partial charge in [-0.3, -0.25) is 9.59 Å². The largest absolute Gasteiger partial charge is 0.348 e. The molecule has 2 aromatic carbocycles. The van der Waals surface area contributed by atoms with E-state index >= 15 is 0 Å². The summed E-state index contributed by atoms with van der Waals surface area (Å²) in [5.74, 6) is -1.16. The first-order chi connectivity index (χ1) is 11.3. The van der Waals surface area contributed by atoms with Crippen molar-refractivity contribution in [3.05, 3.63) is 65.2 Å². The molecule has 0 unspecified atom stereocenters. The van der Waals surface area contributed by atoms with Crippen molar-refractivity contribution in [1.82, 2.24) is 5.32 Å². The van der Waals surface area contributed by atoms with Crippen LogP contribution in [-0.4, -0.2) is 15.6 Å². The van der Waals surface area contributed by atoms with Gasteiger partial charge in [-0.05, 0) is 24.6 Å². The molecule has 0 saturated heterocycles. The number of carbonyl (C=O) groups is 2. The number of hydrogen-bond acceptors (Lipinski definition) is 2. The van der Waals surface area contributed by atoms with Crippen molar-refractivity contribution in [2.24, 2.45) is 0 Å². The Morgan fingerprint density at radius 1 is 1.00 bits per heavy atom. The topological polar surface area (TPSA) is 58.2 Å². The van der Waals surface area contributed by atoms with Gasteiger partial charge in [-0.1, -0.05) is 76.8 Å². The zero-order valence-electron chi connectivity index (χ0n) is 12.8. The summed E-state index contributed by atoms with van der Waals surface area (Å²) in [7, 11) is 0. The highest BCUT2D eigenvalue weighted by Crippen LogP contribution is 2.28. The van der Waals surface area contributed by atoms with Crippen LogP contribution in [0.4, 0.5) is 5.69 Å². The Morgan fingerprint density at radius 2 is 1.62 bits per heavy atom. The Balaban J connectivity index is 2.09. The van der Waals surface area contributed by atoms with Gasteiger partial charge in [-0.25, -0.2) is 0 Å². The molecule has 0 bridgehead atoms. The van der Waals surface area contributed by atoms with Gasteiger partial charge in [0.2, 0.25) is 0 Å². The number of amides is 2. The van der Waals surface area contributed by atoms with E-state index in [1.165, 1.54) is 0 Å². The van der Waals surface area contributed by atoms with Gasteiger partial charge in [0.15, 0.2) is 0 Å². The van der Waals surface area contributed by atoms with E-state index in [0.29, 0.717) is 6.54 Å². The highest BCUT2D eigenvalue weighted by Gasteiger charge is 2.31. The molecule has 0 aromatic heterocycles. The second-order valence-corrected chi connectivity index (χ2v) is 7.45. The molecule has 0 heterocycles. The number of carbonyl (C=O) groups excluding carboxylic acids is 2. The number of anilines is 1. The Kier molecular flexibility index (Phi) is 6.10. The SMILES string of the molecule is Cc1ccc(CNC(=O)c2ccccc2NC(=O)C(Cl)(Cl)Cl)cc1. The minimum Gasteiger partial charge on any atom is -0.348 e. The summed E-state index contributed by atoms with van der Waals surface area (Å²) in [5.41, 5.74) is 2.67. The first kappa shape index (κ1) is 18.6. The lowest BCUT2D eigenvalue weighted by Gasteiger charge is -2.14. The van der Waals surface area contributed by atoms with Crippen LogP contribution in [0.1, 0.15) is 21.5 Å². The zero-order chi connectivity index (χ0) is 17.7. The summed E-state index contributed by atoms with van der Waals surface area (Å²) >= 11 is 16.6. The fraction of sp³-hybridized carbons (Fsp3) is 0.176. The van der Waals surface area contributed by atoms with E-state index in [1.54, 1.807) is 24.3 Å². The molecule has 2 aromatic rings. The molecule has 0 aliphatic carbocycles. The predicted octanol–water partition coefficient (Wildman–Crippen LogP) is 4.23. The van der Waals surface area contributed by atoms with Gasteiger partial charge >= 0.3 is 0 Å². The number of aryl methyl sites for hydroxylation is 1. The number of nitrogens with one attached hydrogen (secondary N) is 2. The third-order valence-corrected chi connectivity index (χ3v) is 3.77. The molecule has 7 heteroatoms. The Bertz CT molecular complexity index is 740. The highest BCUT2D eigenvalue weighted by atomic mass is 35.6. The number of para-hydroxylation sites is 1. The summed E-state index contributed by atoms with van der Waals surface area (Å²) in [4.78, 5) is 24.2. The van der Waals surface area contributed by atoms with Crippen LogP contribution in [0.25, 0.3) is 0 Å². The first-order valence-corrected chi connectivity index (χ1v) is 8.21. The van der Waals surface area contributed by atoms with E-state index < -0.39 is 9.70 Å². The van der Waals surface area contributed by atoms with Crippen LogP contribution < -0.4 is 10.6 Å². The van der Waals surface area contributed by atoms with Crippen LogP contribution in [0.3, 0.4) is 0 Å². The standard InChI is InChI=1S/C17H15Cl3N2O2/c1-11-6-8-12(9-7-11)10-21-15(23)13-4-2-3-5-14(13)22-16(24)17(18,19)20/h2-9H,10H2,1H3,(H,21,23)(H,22,24). The fourth-order valence-corrected chi connectivity index (χ4v) is 2.11. The zero-order valence-corrected chi connectivity index (χ0v) is 15.0. The van der Waals surface area contributed by atoms with Crippen LogP contribution in [0, 0.1) is 6.92 Å². The van der Waals surface area contributed by atoms with Gasteiger partial charge in [0.25, 0.3) is 15.6 Å². The summed E-state index contributed by atoms with van der Waals surface area (Å²) in [6.07, 6.45) is 0. The lowest BCUT2D eigenvalue weighted by molar-refractivity contribution is -0.115. The maximum Gasteiger partial charge on any atom is 0.276 e. The van der Waals surface area contributed by atoms with Crippen molar-refractivity contribution in [3.8, 4) is 0 Å². The molecule has 24 heavy (non-hydrogen) atoms. The third kappa shape index (κ3) is 5.13. The molecule has 0 radical (unpaired) electrons. The molecule has 0 saturated carbocycles. The van der Waals surface area contributed by atoms with Crippen LogP contribution in [0.5, 0.6) is 0 Å². The number of rotatable bonds is 4. The minimum absolute atomic E-state index is 0.273. The first-order valence-electron chi connectivity index (χ1n) is 7.08. The third-order valence-electron chi connectivity index (χ3n) is 3.25. The van der Waals surface area contributed by atoms with Gasteiger partial charge in [-0.15, -0.1) is 0 Å². The van der Waals surface area contributed by atoms with Gasteiger partial charge < -0.3 is 10.6 Å². The van der Waals surface area contributed by atoms with Crippen molar-refractivity contribution in [3.63, 3.8) is 0 Å². The van der Waals surface area contributed by atoms with Gasteiger partial charge in [-0.2, -0.15) is 0 Å². The fourth-order valence-electron chi connectivity index (χ4n) is 1.97. The maximum absolute atomic E-state index is 12.4. The Labute approximate surface area is 155 Å². The molecule has 0 aliphatic heterocycles. The summed E-state index contributed by atoms with van der Waals surface area (Å²) in [6.45, 7) is 2.36. The predicted molar refractivity (Wildman–Crippen MR) is 97.7 cm³/mol. The second-order valence-electron chi connectivity index (χ2n) is 5.17. The van der Waals surface area contributed by atoms with Crippen molar-refractivity contribution in [2.45, 2.75) is 17.3 Å². The van der Waals surface area contributed by atoms with E-state index in [2.05, 4.69) is 10.6 Å². The molecule has 126 valence electrons. The lowest BCUT2D eigenvalue weighted by atomic mass is 10.1. The molecule has 0 aliphatic rings. The average Bonchev–Trinajstić information content (AvgIpc) is 2.53. The van der Waals surface area contributed by atoms with Crippen LogP contribution in [-0.2, 0) is 11.3 Å². The normalized spacial score (nSPS) is 11.0. The van der Waals surface area contributed by atoms with E-state index in [0.717, 1.165) is 11.1 Å². The average molecular weight is 386 g/mol. The van der Waals surface area contributed by atoms with Gasteiger partial charge in [0, 0.05) is 6.54 Å². The van der Waals surface area contributed by atoms with E-state index in [4.69, 9.17) is 34.8 Å². The van der Waals surface area contributed by atoms with Crippen LogP contribution in [0.15, 0.2) is 48.5 Å². The number of hydrogen-bond donors (Lipinski definition) is 2. The lowest BCUT2D eigenvalue weighted by Crippen LogP contribution is -2.29. The Morgan fingerprint density at radius 3 is 2.25 bits per heavy atom. The van der Waals surface area contributed by atoms with Crippen molar-refractivity contribution in [1.29, 1.82) is 0 Å². The minimum atomic E-state index is -2.11.